The standard InChI is InChI=1S/C20H26FNO5S2/c1-14(2)12-22(13-19(23)15-5-7-16(21)8-6-15)18-10-9-17(28(3,24)25)11-20(18)29(4,26)27/h5-11,14,19,23H,12-13H2,1-4H3/t19-/m1/s1. The summed E-state index contributed by atoms with van der Waals surface area (Å²) in [5.41, 5.74) is 0.809. The van der Waals surface area contributed by atoms with Gasteiger partial charge in [0.2, 0.25) is 0 Å². The van der Waals surface area contributed by atoms with Crippen molar-refractivity contribution in [2.75, 3.05) is 30.5 Å². The molecule has 9 heteroatoms. The molecule has 0 aliphatic rings. The molecule has 0 amide bonds. The maximum Gasteiger partial charge on any atom is 0.177 e. The summed E-state index contributed by atoms with van der Waals surface area (Å²) in [6.45, 7) is 4.38. The van der Waals surface area contributed by atoms with Crippen LogP contribution in [-0.2, 0) is 19.7 Å². The molecule has 1 atom stereocenters. The van der Waals surface area contributed by atoms with Crippen LogP contribution in [0.3, 0.4) is 0 Å². The monoisotopic (exact) mass is 443 g/mol. The van der Waals surface area contributed by atoms with Crippen LogP contribution in [0.1, 0.15) is 25.5 Å². The van der Waals surface area contributed by atoms with Crippen LogP contribution in [0.4, 0.5) is 10.1 Å². The molecule has 0 heterocycles. The fourth-order valence-corrected chi connectivity index (χ4v) is 4.63. The zero-order valence-corrected chi connectivity index (χ0v) is 18.5. The number of aliphatic hydroxyl groups is 1. The second kappa shape index (κ2) is 8.81. The molecule has 0 spiro atoms. The number of sulfone groups is 2. The van der Waals surface area contributed by atoms with E-state index in [0.717, 1.165) is 18.6 Å². The number of halogens is 1. The lowest BCUT2D eigenvalue weighted by molar-refractivity contribution is 0.182. The van der Waals surface area contributed by atoms with Crippen LogP contribution >= 0.6 is 0 Å². The molecule has 0 saturated heterocycles. The van der Waals surface area contributed by atoms with E-state index < -0.39 is 31.6 Å². The zero-order valence-electron chi connectivity index (χ0n) is 16.8. The maximum atomic E-state index is 13.2. The highest BCUT2D eigenvalue weighted by Gasteiger charge is 2.24. The van der Waals surface area contributed by atoms with Crippen molar-refractivity contribution in [2.45, 2.75) is 29.7 Å². The van der Waals surface area contributed by atoms with Crippen molar-refractivity contribution in [3.05, 3.63) is 53.8 Å². The van der Waals surface area contributed by atoms with Gasteiger partial charge in [0.25, 0.3) is 0 Å². The minimum Gasteiger partial charge on any atom is -0.387 e. The van der Waals surface area contributed by atoms with Gasteiger partial charge in [-0.15, -0.1) is 0 Å². The Morgan fingerprint density at radius 2 is 1.52 bits per heavy atom. The first-order chi connectivity index (χ1) is 13.3. The zero-order chi connectivity index (χ0) is 22.0. The Labute approximate surface area is 171 Å². The Hall–Kier alpha value is -1.97. The van der Waals surface area contributed by atoms with Gasteiger partial charge >= 0.3 is 0 Å². The molecule has 0 aromatic heterocycles. The quantitative estimate of drug-likeness (QED) is 0.675. The average Bonchev–Trinajstić information content (AvgIpc) is 2.59. The SMILES string of the molecule is CC(C)CN(C[C@@H](O)c1ccc(F)cc1)c1ccc(S(C)(=O)=O)cc1S(C)(=O)=O. The number of hydrogen-bond donors (Lipinski definition) is 1. The van der Waals surface area contributed by atoms with Crippen molar-refractivity contribution in [1.29, 1.82) is 0 Å². The first-order valence-corrected chi connectivity index (χ1v) is 12.8. The van der Waals surface area contributed by atoms with E-state index in [1.165, 1.54) is 36.4 Å². The Bertz CT molecular complexity index is 1060. The first kappa shape index (κ1) is 23.3. The van der Waals surface area contributed by atoms with Crippen molar-refractivity contribution >= 4 is 25.4 Å². The van der Waals surface area contributed by atoms with Crippen LogP contribution in [0, 0.1) is 11.7 Å². The van der Waals surface area contributed by atoms with Gasteiger partial charge in [-0.3, -0.25) is 0 Å². The van der Waals surface area contributed by atoms with Gasteiger partial charge in [-0.05, 0) is 41.8 Å². The highest BCUT2D eigenvalue weighted by atomic mass is 32.2. The Balaban J connectivity index is 2.52. The lowest BCUT2D eigenvalue weighted by Gasteiger charge is -2.30. The van der Waals surface area contributed by atoms with Crippen LogP contribution in [-0.4, -0.2) is 47.5 Å². The largest absolute Gasteiger partial charge is 0.387 e. The highest BCUT2D eigenvalue weighted by molar-refractivity contribution is 7.91. The second-order valence-corrected chi connectivity index (χ2v) is 11.5. The molecule has 2 aromatic rings. The smallest absolute Gasteiger partial charge is 0.177 e. The van der Waals surface area contributed by atoms with Gasteiger partial charge in [0.15, 0.2) is 19.7 Å². The third kappa shape index (κ3) is 6.25. The molecule has 29 heavy (non-hydrogen) atoms. The van der Waals surface area contributed by atoms with E-state index in [0.29, 0.717) is 17.8 Å². The van der Waals surface area contributed by atoms with Crippen LogP contribution in [0.5, 0.6) is 0 Å². The number of benzene rings is 2. The Morgan fingerprint density at radius 3 is 2.00 bits per heavy atom. The van der Waals surface area contributed by atoms with Gasteiger partial charge in [0.1, 0.15) is 5.82 Å². The normalized spacial score (nSPS) is 13.5. The molecule has 0 unspecified atom stereocenters. The minimum absolute atomic E-state index is 0.0601. The molecule has 2 rings (SSSR count). The number of rotatable bonds is 8. The molecule has 160 valence electrons. The fourth-order valence-electron chi connectivity index (χ4n) is 2.99. The van der Waals surface area contributed by atoms with Crippen molar-refractivity contribution in [3.63, 3.8) is 0 Å². The molecule has 0 aliphatic heterocycles. The molecule has 0 fully saturated rings. The maximum absolute atomic E-state index is 13.2. The highest BCUT2D eigenvalue weighted by Crippen LogP contribution is 2.30. The van der Waals surface area contributed by atoms with Crippen LogP contribution in [0.2, 0.25) is 0 Å². The summed E-state index contributed by atoms with van der Waals surface area (Å²) in [5, 5.41) is 10.6. The van der Waals surface area contributed by atoms with Gasteiger partial charge in [0, 0.05) is 25.6 Å². The van der Waals surface area contributed by atoms with Crippen molar-refractivity contribution in [2.24, 2.45) is 5.92 Å². The summed E-state index contributed by atoms with van der Waals surface area (Å²) >= 11 is 0. The summed E-state index contributed by atoms with van der Waals surface area (Å²) in [6, 6.07) is 9.39. The predicted octanol–water partition coefficient (Wildman–Crippen LogP) is 2.83. The summed E-state index contributed by atoms with van der Waals surface area (Å²) < 4.78 is 61.7. The number of aliphatic hydroxyl groups excluding tert-OH is 1. The van der Waals surface area contributed by atoms with Crippen molar-refractivity contribution in [1.82, 2.24) is 0 Å². The molecule has 6 nitrogen and oxygen atoms in total. The first-order valence-electron chi connectivity index (χ1n) is 9.01. The topological polar surface area (TPSA) is 91.8 Å². The number of anilines is 1. The summed E-state index contributed by atoms with van der Waals surface area (Å²) in [5.74, 6) is -0.284. The lowest BCUT2D eigenvalue weighted by atomic mass is 10.1. The van der Waals surface area contributed by atoms with E-state index >= 15 is 0 Å². The van der Waals surface area contributed by atoms with E-state index in [-0.39, 0.29) is 22.3 Å². The third-order valence-corrected chi connectivity index (χ3v) is 6.57. The van der Waals surface area contributed by atoms with Gasteiger partial charge in [-0.1, -0.05) is 26.0 Å². The summed E-state index contributed by atoms with van der Waals surface area (Å²) in [7, 11) is -7.33. The molecular formula is C20H26FNO5S2. The molecule has 0 saturated carbocycles. The van der Waals surface area contributed by atoms with Crippen LogP contribution < -0.4 is 4.90 Å². The van der Waals surface area contributed by atoms with Crippen LogP contribution in [0.25, 0.3) is 0 Å². The van der Waals surface area contributed by atoms with E-state index in [1.54, 1.807) is 4.90 Å². The second-order valence-electron chi connectivity index (χ2n) is 7.54. The predicted molar refractivity (Wildman–Crippen MR) is 111 cm³/mol. The third-order valence-electron chi connectivity index (χ3n) is 4.33. The van der Waals surface area contributed by atoms with Gasteiger partial charge in [-0.25, -0.2) is 21.2 Å². The minimum atomic E-state index is -3.74. The van der Waals surface area contributed by atoms with E-state index in [1.807, 2.05) is 13.8 Å². The Morgan fingerprint density at radius 1 is 0.931 bits per heavy atom. The van der Waals surface area contributed by atoms with E-state index in [2.05, 4.69) is 0 Å². The van der Waals surface area contributed by atoms with Gasteiger partial charge < -0.3 is 10.0 Å². The number of hydrogen-bond acceptors (Lipinski definition) is 6. The van der Waals surface area contributed by atoms with Crippen molar-refractivity contribution in [3.8, 4) is 0 Å². The van der Waals surface area contributed by atoms with Gasteiger partial charge in [-0.2, -0.15) is 0 Å². The van der Waals surface area contributed by atoms with Crippen LogP contribution in [0.15, 0.2) is 52.3 Å². The van der Waals surface area contributed by atoms with Crippen molar-refractivity contribution < 1.29 is 26.3 Å². The van der Waals surface area contributed by atoms with E-state index in [4.69, 9.17) is 0 Å². The summed E-state index contributed by atoms with van der Waals surface area (Å²) in [4.78, 5) is 1.50. The molecule has 0 bridgehead atoms. The number of nitrogens with zero attached hydrogens (tertiary/aromatic N) is 1. The molecule has 1 N–H and O–H groups in total. The van der Waals surface area contributed by atoms with Gasteiger partial charge in [0.05, 0.1) is 21.6 Å². The Kier molecular flexibility index (Phi) is 7.08. The molecular weight excluding hydrogens is 417 g/mol. The van der Waals surface area contributed by atoms with E-state index in [9.17, 15) is 26.3 Å². The average molecular weight is 444 g/mol. The molecule has 0 radical (unpaired) electrons. The lowest BCUT2D eigenvalue weighted by Crippen LogP contribution is -2.33. The fraction of sp³-hybridized carbons (Fsp3) is 0.400. The summed E-state index contributed by atoms with van der Waals surface area (Å²) in [6.07, 6.45) is 1.04. The molecule has 2 aromatic carbocycles. The molecule has 0 aliphatic carbocycles.